The average molecular weight is 212 g/mol. The maximum absolute atomic E-state index is 11.7. The molecule has 1 aromatic carbocycles. The monoisotopic (exact) mass is 212 g/mol. The maximum atomic E-state index is 11.7. The van der Waals surface area contributed by atoms with Crippen LogP contribution in [0.4, 0.5) is 0 Å². The summed E-state index contributed by atoms with van der Waals surface area (Å²) < 4.78 is 11.7. The number of benzene rings is 1. The molecular weight excluding hydrogens is 196 g/mol. The van der Waals surface area contributed by atoms with Gasteiger partial charge in [0.15, 0.2) is 0 Å². The molecule has 2 nitrogen and oxygen atoms in total. The molecule has 0 radical (unpaired) electrons. The van der Waals surface area contributed by atoms with Gasteiger partial charge in [0.2, 0.25) is 0 Å². The van der Waals surface area contributed by atoms with Crippen LogP contribution in [0.5, 0.6) is 5.75 Å². The number of phenols is 1. The molecule has 1 rings (SSSR count). The Morgan fingerprint density at radius 3 is 2.57 bits per heavy atom. The van der Waals surface area contributed by atoms with Crippen molar-refractivity contribution in [2.75, 3.05) is 5.75 Å². The predicted molar refractivity (Wildman–Crippen MR) is 58.8 cm³/mol. The van der Waals surface area contributed by atoms with Gasteiger partial charge in [-0.3, -0.25) is 4.21 Å². The number of phenolic OH excluding ortho intramolecular Hbond substituents is 1. The molecule has 0 aromatic heterocycles. The van der Waals surface area contributed by atoms with E-state index in [-0.39, 0.29) is 5.75 Å². The second-order valence-corrected chi connectivity index (χ2v) is 5.24. The molecular formula is C11H16O2S. The molecule has 0 aliphatic rings. The molecule has 1 aromatic rings. The van der Waals surface area contributed by atoms with E-state index >= 15 is 0 Å². The fraction of sp³-hybridized carbons (Fsp3) is 0.455. The second kappa shape index (κ2) is 5.15. The highest BCUT2D eigenvalue weighted by Gasteiger charge is 2.08. The van der Waals surface area contributed by atoms with Crippen LogP contribution in [0.1, 0.15) is 20.3 Å². The van der Waals surface area contributed by atoms with Gasteiger partial charge in [0.05, 0.1) is 15.7 Å². The Labute approximate surface area is 87.4 Å². The SMILES string of the molecule is CC(C)CCS(=O)c1ccccc1O. The molecule has 3 heteroatoms. The van der Waals surface area contributed by atoms with Crippen LogP contribution in [0.15, 0.2) is 29.2 Å². The smallest absolute Gasteiger partial charge is 0.131 e. The van der Waals surface area contributed by atoms with Crippen LogP contribution in [0.2, 0.25) is 0 Å². The first kappa shape index (κ1) is 11.2. The van der Waals surface area contributed by atoms with Gasteiger partial charge in [0, 0.05) is 5.75 Å². The van der Waals surface area contributed by atoms with E-state index in [0.29, 0.717) is 16.6 Å². The van der Waals surface area contributed by atoms with Crippen molar-refractivity contribution in [3.8, 4) is 5.75 Å². The lowest BCUT2D eigenvalue weighted by Crippen LogP contribution is -2.01. The van der Waals surface area contributed by atoms with E-state index in [1.807, 2.05) is 0 Å². The molecule has 0 saturated heterocycles. The van der Waals surface area contributed by atoms with Crippen molar-refractivity contribution in [3.05, 3.63) is 24.3 Å². The third-order valence-corrected chi connectivity index (χ3v) is 3.43. The lowest BCUT2D eigenvalue weighted by atomic mass is 10.2. The molecule has 0 fully saturated rings. The minimum atomic E-state index is -1.07. The van der Waals surface area contributed by atoms with E-state index in [1.165, 1.54) is 0 Å². The Morgan fingerprint density at radius 1 is 1.36 bits per heavy atom. The third-order valence-electron chi connectivity index (χ3n) is 1.99. The van der Waals surface area contributed by atoms with Crippen LogP contribution in [0, 0.1) is 5.92 Å². The third kappa shape index (κ3) is 3.14. The number of para-hydroxylation sites is 1. The largest absolute Gasteiger partial charge is 0.507 e. The van der Waals surface area contributed by atoms with Crippen molar-refractivity contribution in [2.45, 2.75) is 25.2 Å². The van der Waals surface area contributed by atoms with E-state index < -0.39 is 10.8 Å². The molecule has 0 spiro atoms. The van der Waals surface area contributed by atoms with Crippen molar-refractivity contribution in [1.82, 2.24) is 0 Å². The molecule has 0 aliphatic carbocycles. The minimum absolute atomic E-state index is 0.134. The summed E-state index contributed by atoms with van der Waals surface area (Å²) >= 11 is 0. The second-order valence-electron chi connectivity index (χ2n) is 3.70. The minimum Gasteiger partial charge on any atom is -0.507 e. The number of hydrogen-bond donors (Lipinski definition) is 1. The fourth-order valence-corrected chi connectivity index (χ4v) is 2.54. The normalized spacial score (nSPS) is 13.1. The molecule has 0 bridgehead atoms. The zero-order chi connectivity index (χ0) is 10.6. The van der Waals surface area contributed by atoms with Crippen LogP contribution in [-0.2, 0) is 10.8 Å². The standard InChI is InChI=1S/C11H16O2S/c1-9(2)7-8-14(13)11-6-4-3-5-10(11)12/h3-6,9,12H,7-8H2,1-2H3. The highest BCUT2D eigenvalue weighted by Crippen LogP contribution is 2.20. The van der Waals surface area contributed by atoms with E-state index in [9.17, 15) is 9.32 Å². The first-order valence-corrected chi connectivity index (χ1v) is 6.09. The lowest BCUT2D eigenvalue weighted by molar-refractivity contribution is 0.461. The van der Waals surface area contributed by atoms with E-state index in [0.717, 1.165) is 6.42 Å². The number of rotatable bonds is 4. The summed E-state index contributed by atoms with van der Waals surface area (Å²) in [4.78, 5) is 0.549. The van der Waals surface area contributed by atoms with Gasteiger partial charge in [-0.25, -0.2) is 0 Å². The summed E-state index contributed by atoms with van der Waals surface area (Å²) in [6, 6.07) is 6.81. The molecule has 14 heavy (non-hydrogen) atoms. The highest BCUT2D eigenvalue weighted by molar-refractivity contribution is 7.85. The lowest BCUT2D eigenvalue weighted by Gasteiger charge is -2.06. The Hall–Kier alpha value is -0.830. The quantitative estimate of drug-likeness (QED) is 0.832. The Balaban J connectivity index is 2.65. The molecule has 78 valence electrons. The zero-order valence-corrected chi connectivity index (χ0v) is 9.38. The first-order valence-electron chi connectivity index (χ1n) is 4.77. The van der Waals surface area contributed by atoms with Gasteiger partial charge in [-0.2, -0.15) is 0 Å². The molecule has 1 N–H and O–H groups in total. The predicted octanol–water partition coefficient (Wildman–Crippen LogP) is 2.55. The summed E-state index contributed by atoms with van der Waals surface area (Å²) in [5, 5.41) is 9.45. The van der Waals surface area contributed by atoms with Crippen molar-refractivity contribution in [2.24, 2.45) is 5.92 Å². The first-order chi connectivity index (χ1) is 6.61. The Morgan fingerprint density at radius 2 is 2.00 bits per heavy atom. The van der Waals surface area contributed by atoms with Crippen molar-refractivity contribution in [1.29, 1.82) is 0 Å². The molecule has 1 unspecified atom stereocenters. The number of aromatic hydroxyl groups is 1. The van der Waals surface area contributed by atoms with Crippen LogP contribution in [0.3, 0.4) is 0 Å². The average Bonchev–Trinajstić information content (AvgIpc) is 2.15. The van der Waals surface area contributed by atoms with E-state index in [1.54, 1.807) is 24.3 Å². The van der Waals surface area contributed by atoms with Gasteiger partial charge in [-0.1, -0.05) is 26.0 Å². The van der Waals surface area contributed by atoms with Crippen LogP contribution < -0.4 is 0 Å². The molecule has 1 atom stereocenters. The van der Waals surface area contributed by atoms with Crippen molar-refractivity contribution >= 4 is 10.8 Å². The van der Waals surface area contributed by atoms with E-state index in [2.05, 4.69) is 13.8 Å². The van der Waals surface area contributed by atoms with Gasteiger partial charge in [-0.15, -0.1) is 0 Å². The highest BCUT2D eigenvalue weighted by atomic mass is 32.2. The topological polar surface area (TPSA) is 37.3 Å². The summed E-state index contributed by atoms with van der Waals surface area (Å²) in [7, 11) is -1.07. The Kier molecular flexibility index (Phi) is 4.14. The molecule has 0 aliphatic heterocycles. The summed E-state index contributed by atoms with van der Waals surface area (Å²) in [5.74, 6) is 1.30. The van der Waals surface area contributed by atoms with Crippen molar-refractivity contribution in [3.63, 3.8) is 0 Å². The fourth-order valence-electron chi connectivity index (χ4n) is 1.10. The molecule has 0 heterocycles. The summed E-state index contributed by atoms with van der Waals surface area (Å²) in [6.07, 6.45) is 0.918. The van der Waals surface area contributed by atoms with Gasteiger partial charge in [0.25, 0.3) is 0 Å². The van der Waals surface area contributed by atoms with Crippen LogP contribution in [-0.4, -0.2) is 15.1 Å². The van der Waals surface area contributed by atoms with Gasteiger partial charge in [-0.05, 0) is 24.5 Å². The van der Waals surface area contributed by atoms with Gasteiger partial charge < -0.3 is 5.11 Å². The van der Waals surface area contributed by atoms with Gasteiger partial charge in [0.1, 0.15) is 5.75 Å². The summed E-state index contributed by atoms with van der Waals surface area (Å²) in [6.45, 7) is 4.20. The van der Waals surface area contributed by atoms with Crippen molar-refractivity contribution < 1.29 is 9.32 Å². The molecule has 0 saturated carbocycles. The van der Waals surface area contributed by atoms with Crippen LogP contribution in [0.25, 0.3) is 0 Å². The zero-order valence-electron chi connectivity index (χ0n) is 8.56. The number of hydrogen-bond acceptors (Lipinski definition) is 2. The van der Waals surface area contributed by atoms with E-state index in [4.69, 9.17) is 0 Å². The summed E-state index contributed by atoms with van der Waals surface area (Å²) in [5.41, 5.74) is 0. The maximum Gasteiger partial charge on any atom is 0.131 e. The Bertz CT molecular complexity index is 321. The van der Waals surface area contributed by atoms with Crippen LogP contribution >= 0.6 is 0 Å². The molecule has 0 amide bonds. The van der Waals surface area contributed by atoms with Gasteiger partial charge >= 0.3 is 0 Å².